The van der Waals surface area contributed by atoms with Gasteiger partial charge < -0.3 is 10.5 Å². The standard InChI is InChI=1S/C15H22ClNO/c1-11(7-8-17)14-9-13(16)5-6-15(14)18-10-12-3-2-4-12/h5-6,9,11-12H,2-4,7-8,10,17H2,1H3. The van der Waals surface area contributed by atoms with Gasteiger partial charge in [0.25, 0.3) is 0 Å². The maximum absolute atomic E-state index is 6.08. The molecule has 1 aliphatic carbocycles. The lowest BCUT2D eigenvalue weighted by Gasteiger charge is -2.26. The summed E-state index contributed by atoms with van der Waals surface area (Å²) in [7, 11) is 0. The molecular formula is C15H22ClNO. The molecule has 1 saturated carbocycles. The number of ether oxygens (including phenoxy) is 1. The fourth-order valence-corrected chi connectivity index (χ4v) is 2.49. The Kier molecular flexibility index (Phi) is 4.90. The Hall–Kier alpha value is -0.730. The van der Waals surface area contributed by atoms with Crippen LogP contribution in [-0.2, 0) is 0 Å². The van der Waals surface area contributed by atoms with E-state index in [-0.39, 0.29) is 0 Å². The first-order valence-corrected chi connectivity index (χ1v) is 7.21. The molecule has 2 rings (SSSR count). The molecule has 0 heterocycles. The molecule has 0 bridgehead atoms. The van der Waals surface area contributed by atoms with Crippen molar-refractivity contribution in [1.29, 1.82) is 0 Å². The van der Waals surface area contributed by atoms with Crippen LogP contribution < -0.4 is 10.5 Å². The lowest BCUT2D eigenvalue weighted by Crippen LogP contribution is -2.20. The van der Waals surface area contributed by atoms with Crippen molar-refractivity contribution in [3.63, 3.8) is 0 Å². The number of halogens is 1. The van der Waals surface area contributed by atoms with Gasteiger partial charge >= 0.3 is 0 Å². The Morgan fingerprint density at radius 2 is 2.22 bits per heavy atom. The van der Waals surface area contributed by atoms with Crippen molar-refractivity contribution >= 4 is 11.6 Å². The zero-order chi connectivity index (χ0) is 13.0. The molecule has 1 atom stereocenters. The molecular weight excluding hydrogens is 246 g/mol. The fraction of sp³-hybridized carbons (Fsp3) is 0.600. The van der Waals surface area contributed by atoms with Gasteiger partial charge in [0.2, 0.25) is 0 Å². The average Bonchev–Trinajstić information content (AvgIpc) is 2.29. The lowest BCUT2D eigenvalue weighted by molar-refractivity contribution is 0.179. The van der Waals surface area contributed by atoms with Gasteiger partial charge in [-0.2, -0.15) is 0 Å². The fourth-order valence-electron chi connectivity index (χ4n) is 2.31. The summed E-state index contributed by atoms with van der Waals surface area (Å²) >= 11 is 6.08. The van der Waals surface area contributed by atoms with Gasteiger partial charge in [-0.15, -0.1) is 0 Å². The van der Waals surface area contributed by atoms with E-state index in [1.54, 1.807) is 0 Å². The summed E-state index contributed by atoms with van der Waals surface area (Å²) in [4.78, 5) is 0. The third-order valence-corrected chi connectivity index (χ3v) is 4.04. The summed E-state index contributed by atoms with van der Waals surface area (Å²) in [6.45, 7) is 3.70. The van der Waals surface area contributed by atoms with Crippen LogP contribution in [0, 0.1) is 5.92 Å². The molecule has 1 aliphatic rings. The van der Waals surface area contributed by atoms with Gasteiger partial charge in [-0.25, -0.2) is 0 Å². The normalized spacial score (nSPS) is 17.3. The van der Waals surface area contributed by atoms with E-state index in [1.807, 2.05) is 18.2 Å². The first kappa shape index (κ1) is 13.7. The second kappa shape index (κ2) is 6.44. The van der Waals surface area contributed by atoms with E-state index in [1.165, 1.54) is 24.8 Å². The minimum absolute atomic E-state index is 0.394. The van der Waals surface area contributed by atoms with E-state index < -0.39 is 0 Å². The maximum Gasteiger partial charge on any atom is 0.122 e. The molecule has 0 saturated heterocycles. The first-order valence-electron chi connectivity index (χ1n) is 6.83. The molecule has 0 amide bonds. The molecule has 1 fully saturated rings. The third kappa shape index (κ3) is 3.39. The quantitative estimate of drug-likeness (QED) is 0.846. The van der Waals surface area contributed by atoms with Crippen LogP contribution in [0.25, 0.3) is 0 Å². The minimum Gasteiger partial charge on any atom is -0.493 e. The number of nitrogens with two attached hydrogens (primary N) is 1. The lowest BCUT2D eigenvalue weighted by atomic mass is 9.86. The van der Waals surface area contributed by atoms with Crippen molar-refractivity contribution in [2.24, 2.45) is 11.7 Å². The first-order chi connectivity index (χ1) is 8.70. The smallest absolute Gasteiger partial charge is 0.122 e. The van der Waals surface area contributed by atoms with Gasteiger partial charge in [0.05, 0.1) is 6.61 Å². The van der Waals surface area contributed by atoms with Crippen molar-refractivity contribution in [3.05, 3.63) is 28.8 Å². The Balaban J connectivity index is 2.06. The van der Waals surface area contributed by atoms with Crippen LogP contribution in [0.3, 0.4) is 0 Å². The van der Waals surface area contributed by atoms with Gasteiger partial charge in [-0.05, 0) is 61.4 Å². The van der Waals surface area contributed by atoms with E-state index in [0.29, 0.717) is 12.5 Å². The van der Waals surface area contributed by atoms with Crippen LogP contribution in [0.5, 0.6) is 5.75 Å². The van der Waals surface area contributed by atoms with E-state index in [2.05, 4.69) is 6.92 Å². The molecule has 1 unspecified atom stereocenters. The van der Waals surface area contributed by atoms with E-state index >= 15 is 0 Å². The zero-order valence-electron chi connectivity index (χ0n) is 11.0. The molecule has 0 aromatic heterocycles. The van der Waals surface area contributed by atoms with Crippen molar-refractivity contribution in [2.75, 3.05) is 13.2 Å². The predicted octanol–water partition coefficient (Wildman–Crippen LogP) is 3.97. The molecule has 1 aromatic rings. The van der Waals surface area contributed by atoms with E-state index in [0.717, 1.165) is 29.7 Å². The molecule has 0 aliphatic heterocycles. The minimum atomic E-state index is 0.394. The topological polar surface area (TPSA) is 35.2 Å². The average molecular weight is 268 g/mol. The van der Waals surface area contributed by atoms with Crippen molar-refractivity contribution in [1.82, 2.24) is 0 Å². The van der Waals surface area contributed by atoms with Gasteiger partial charge in [0.1, 0.15) is 5.75 Å². The number of hydrogen-bond acceptors (Lipinski definition) is 2. The van der Waals surface area contributed by atoms with Crippen molar-refractivity contribution in [2.45, 2.75) is 38.5 Å². The Bertz CT molecular complexity index is 390. The van der Waals surface area contributed by atoms with Crippen LogP contribution in [-0.4, -0.2) is 13.2 Å². The second-order valence-corrected chi connectivity index (χ2v) is 5.70. The molecule has 100 valence electrons. The summed E-state index contributed by atoms with van der Waals surface area (Å²) in [5.74, 6) is 2.12. The van der Waals surface area contributed by atoms with Gasteiger partial charge in [-0.3, -0.25) is 0 Å². The largest absolute Gasteiger partial charge is 0.493 e. The summed E-state index contributed by atoms with van der Waals surface area (Å²) < 4.78 is 5.96. The van der Waals surface area contributed by atoms with Gasteiger partial charge in [-0.1, -0.05) is 24.9 Å². The van der Waals surface area contributed by atoms with Gasteiger partial charge in [0, 0.05) is 5.02 Å². The Morgan fingerprint density at radius 1 is 1.44 bits per heavy atom. The Labute approximate surface area is 114 Å². The molecule has 1 aromatic carbocycles. The van der Waals surface area contributed by atoms with Crippen LogP contribution in [0.4, 0.5) is 0 Å². The summed E-state index contributed by atoms with van der Waals surface area (Å²) in [5.41, 5.74) is 6.82. The number of benzene rings is 1. The van der Waals surface area contributed by atoms with Crippen LogP contribution >= 0.6 is 11.6 Å². The molecule has 2 nitrogen and oxygen atoms in total. The van der Waals surface area contributed by atoms with Gasteiger partial charge in [0.15, 0.2) is 0 Å². The highest BCUT2D eigenvalue weighted by Crippen LogP contribution is 2.33. The zero-order valence-corrected chi connectivity index (χ0v) is 11.7. The number of rotatable bonds is 6. The summed E-state index contributed by atoms with van der Waals surface area (Å²) in [5, 5.41) is 0.768. The van der Waals surface area contributed by atoms with Crippen LogP contribution in [0.2, 0.25) is 5.02 Å². The van der Waals surface area contributed by atoms with E-state index in [4.69, 9.17) is 22.1 Å². The molecule has 18 heavy (non-hydrogen) atoms. The predicted molar refractivity (Wildman–Crippen MR) is 76.4 cm³/mol. The van der Waals surface area contributed by atoms with Crippen LogP contribution in [0.1, 0.15) is 44.1 Å². The highest BCUT2D eigenvalue weighted by atomic mass is 35.5. The molecule has 0 spiro atoms. The highest BCUT2D eigenvalue weighted by molar-refractivity contribution is 6.30. The second-order valence-electron chi connectivity index (χ2n) is 5.27. The summed E-state index contributed by atoms with van der Waals surface area (Å²) in [6, 6.07) is 5.90. The monoisotopic (exact) mass is 267 g/mol. The van der Waals surface area contributed by atoms with Crippen molar-refractivity contribution < 1.29 is 4.74 Å². The van der Waals surface area contributed by atoms with E-state index in [9.17, 15) is 0 Å². The molecule has 2 N–H and O–H groups in total. The van der Waals surface area contributed by atoms with Crippen LogP contribution in [0.15, 0.2) is 18.2 Å². The summed E-state index contributed by atoms with van der Waals surface area (Å²) in [6.07, 6.45) is 4.92. The SMILES string of the molecule is CC(CCN)c1cc(Cl)ccc1OCC1CCC1. The maximum atomic E-state index is 6.08. The Morgan fingerprint density at radius 3 is 2.83 bits per heavy atom. The molecule has 0 radical (unpaired) electrons. The molecule has 3 heteroatoms. The number of hydrogen-bond donors (Lipinski definition) is 1. The van der Waals surface area contributed by atoms with Crippen molar-refractivity contribution in [3.8, 4) is 5.75 Å². The third-order valence-electron chi connectivity index (χ3n) is 3.80. The highest BCUT2D eigenvalue weighted by Gasteiger charge is 2.19.